The Morgan fingerprint density at radius 2 is 1.92 bits per heavy atom. The largest absolute Gasteiger partial charge is 0.372 e. The van der Waals surface area contributed by atoms with Crippen LogP contribution in [0.3, 0.4) is 0 Å². The fourth-order valence-electron chi connectivity index (χ4n) is 3.72. The van der Waals surface area contributed by atoms with Crippen LogP contribution in [-0.4, -0.2) is 60.0 Å². The smallest absolute Gasteiger partial charge is 0.247 e. The van der Waals surface area contributed by atoms with E-state index in [1.54, 1.807) is 12.4 Å². The van der Waals surface area contributed by atoms with E-state index in [9.17, 15) is 4.79 Å². The van der Waals surface area contributed by atoms with Gasteiger partial charge in [0.15, 0.2) is 0 Å². The van der Waals surface area contributed by atoms with E-state index in [1.807, 2.05) is 69.7 Å². The van der Waals surface area contributed by atoms with Crippen LogP contribution in [0.15, 0.2) is 73.6 Å². The van der Waals surface area contributed by atoms with E-state index in [1.165, 1.54) is 6.08 Å². The van der Waals surface area contributed by atoms with E-state index in [2.05, 4.69) is 37.0 Å². The van der Waals surface area contributed by atoms with Gasteiger partial charge in [-0.25, -0.2) is 9.97 Å². The number of hydrogen-bond donors (Lipinski definition) is 2. The zero-order chi connectivity index (χ0) is 25.7. The van der Waals surface area contributed by atoms with Gasteiger partial charge in [-0.15, -0.1) is 0 Å². The summed E-state index contributed by atoms with van der Waals surface area (Å²) in [6, 6.07) is 15.3. The van der Waals surface area contributed by atoms with Crippen molar-refractivity contribution in [3.05, 3.63) is 78.6 Å². The maximum Gasteiger partial charge on any atom is 0.247 e. The number of nitrogens with one attached hydrogen (secondary N) is 2. The van der Waals surface area contributed by atoms with Crippen LogP contribution >= 0.6 is 11.6 Å². The van der Waals surface area contributed by atoms with Gasteiger partial charge in [-0.3, -0.25) is 9.78 Å². The van der Waals surface area contributed by atoms with Gasteiger partial charge in [-0.2, -0.15) is 0 Å². The van der Waals surface area contributed by atoms with E-state index in [4.69, 9.17) is 16.6 Å². The number of aromatic nitrogens is 3. The Bertz CT molecular complexity index is 1410. The Morgan fingerprint density at radius 1 is 1.08 bits per heavy atom. The Balaban J connectivity index is 1.67. The number of carbonyl (C=O) groups excluding carboxylic acids is 1. The number of likely N-dealkylation sites (N-methyl/N-ethyl adjacent to an activating group) is 2. The van der Waals surface area contributed by atoms with Gasteiger partial charge >= 0.3 is 0 Å². The van der Waals surface area contributed by atoms with Gasteiger partial charge in [0.2, 0.25) is 11.9 Å². The van der Waals surface area contributed by atoms with Crippen molar-refractivity contribution < 1.29 is 4.79 Å². The van der Waals surface area contributed by atoms with E-state index in [-0.39, 0.29) is 5.91 Å². The van der Waals surface area contributed by atoms with Crippen molar-refractivity contribution in [2.45, 2.75) is 0 Å². The summed E-state index contributed by atoms with van der Waals surface area (Å²) in [6.45, 7) is 5.24. The molecule has 2 aromatic heterocycles. The summed E-state index contributed by atoms with van der Waals surface area (Å²) in [4.78, 5) is 29.9. The number of fused-ring (bicyclic) bond motifs is 1. The van der Waals surface area contributed by atoms with Gasteiger partial charge < -0.3 is 20.4 Å². The lowest BCUT2D eigenvalue weighted by atomic mass is 10.1. The summed E-state index contributed by atoms with van der Waals surface area (Å²) in [6.07, 6.45) is 4.66. The molecular formula is C27H28ClN7O. The van der Waals surface area contributed by atoms with E-state index < -0.39 is 0 Å². The summed E-state index contributed by atoms with van der Waals surface area (Å²) in [5.41, 5.74) is 5.51. The molecule has 0 spiro atoms. The molecule has 0 fully saturated rings. The first-order valence-electron chi connectivity index (χ1n) is 11.4. The minimum atomic E-state index is -0.284. The molecule has 0 aliphatic heterocycles. The minimum absolute atomic E-state index is 0.284. The van der Waals surface area contributed by atoms with E-state index >= 15 is 0 Å². The third-order valence-corrected chi connectivity index (χ3v) is 5.84. The molecular weight excluding hydrogens is 474 g/mol. The lowest BCUT2D eigenvalue weighted by Crippen LogP contribution is -2.29. The summed E-state index contributed by atoms with van der Waals surface area (Å²) >= 11 is 6.21. The maximum absolute atomic E-state index is 12.1. The molecule has 4 aromatic rings. The second-order valence-electron chi connectivity index (χ2n) is 8.57. The molecule has 0 bridgehead atoms. The highest BCUT2D eigenvalue weighted by atomic mass is 35.5. The lowest BCUT2D eigenvalue weighted by molar-refractivity contribution is -0.111. The summed E-state index contributed by atoms with van der Waals surface area (Å²) in [5, 5.41) is 6.81. The van der Waals surface area contributed by atoms with Crippen molar-refractivity contribution >= 4 is 51.6 Å². The first-order valence-corrected chi connectivity index (χ1v) is 11.8. The molecule has 2 N–H and O–H groups in total. The zero-order valence-corrected chi connectivity index (χ0v) is 21.3. The molecule has 2 heterocycles. The van der Waals surface area contributed by atoms with Crippen LogP contribution in [0.5, 0.6) is 0 Å². The SMILES string of the molecule is C=CC(=O)Nc1cc(Nc2ncc3nccc(-c4cccc(Cl)c4)c3n2)ccc1N(C)CCN(C)C. The number of rotatable bonds is 9. The lowest BCUT2D eigenvalue weighted by Gasteiger charge is -2.24. The van der Waals surface area contributed by atoms with Crippen LogP contribution < -0.4 is 15.5 Å². The number of halogens is 1. The molecule has 0 aliphatic rings. The molecule has 8 nitrogen and oxygen atoms in total. The average Bonchev–Trinajstić information content (AvgIpc) is 2.87. The van der Waals surface area contributed by atoms with Crippen LogP contribution in [0.1, 0.15) is 0 Å². The highest BCUT2D eigenvalue weighted by Crippen LogP contribution is 2.31. The molecule has 0 saturated heterocycles. The number of carbonyl (C=O) groups is 1. The second-order valence-corrected chi connectivity index (χ2v) is 9.01. The molecule has 0 aliphatic carbocycles. The van der Waals surface area contributed by atoms with Crippen molar-refractivity contribution in [1.82, 2.24) is 19.9 Å². The van der Waals surface area contributed by atoms with Gasteiger partial charge in [0.25, 0.3) is 0 Å². The fraction of sp³-hybridized carbons (Fsp3) is 0.185. The van der Waals surface area contributed by atoms with Crippen molar-refractivity contribution in [2.24, 2.45) is 0 Å². The number of benzene rings is 2. The van der Waals surface area contributed by atoms with Crippen LogP contribution in [0.2, 0.25) is 5.02 Å². The first-order chi connectivity index (χ1) is 17.3. The highest BCUT2D eigenvalue weighted by Gasteiger charge is 2.13. The number of nitrogens with zero attached hydrogens (tertiary/aromatic N) is 5. The third kappa shape index (κ3) is 5.97. The standard InChI is InChI=1S/C27H28ClN7O/c1-5-25(36)32-22-16-20(9-10-24(22)35(4)14-13-34(2)3)31-27-30-17-23-26(33-27)21(11-12-29-23)18-7-6-8-19(28)15-18/h5-12,15-17H,1,13-14H2,2-4H3,(H,32,36)(H,30,31,33). The number of pyridine rings is 1. The maximum atomic E-state index is 12.1. The van der Waals surface area contributed by atoms with Crippen molar-refractivity contribution in [3.8, 4) is 11.1 Å². The molecule has 0 radical (unpaired) electrons. The zero-order valence-electron chi connectivity index (χ0n) is 20.5. The van der Waals surface area contributed by atoms with E-state index in [0.29, 0.717) is 27.7 Å². The van der Waals surface area contributed by atoms with Crippen LogP contribution in [-0.2, 0) is 4.79 Å². The van der Waals surface area contributed by atoms with Crippen molar-refractivity contribution in [3.63, 3.8) is 0 Å². The van der Waals surface area contributed by atoms with Crippen LogP contribution in [0.4, 0.5) is 23.0 Å². The Hall–Kier alpha value is -4.01. The molecule has 1 amide bonds. The minimum Gasteiger partial charge on any atom is -0.372 e. The highest BCUT2D eigenvalue weighted by molar-refractivity contribution is 6.30. The molecule has 0 saturated carbocycles. The Kier molecular flexibility index (Phi) is 7.77. The first kappa shape index (κ1) is 25.1. The second kappa shape index (κ2) is 11.2. The van der Waals surface area contributed by atoms with Crippen LogP contribution in [0, 0.1) is 0 Å². The number of anilines is 4. The normalized spacial score (nSPS) is 10.9. The molecule has 4 rings (SSSR count). The molecule has 0 atom stereocenters. The monoisotopic (exact) mass is 501 g/mol. The molecule has 184 valence electrons. The Labute approximate surface area is 215 Å². The molecule has 0 unspecified atom stereocenters. The van der Waals surface area contributed by atoms with Crippen molar-refractivity contribution in [2.75, 3.05) is 49.8 Å². The van der Waals surface area contributed by atoms with Gasteiger partial charge in [0, 0.05) is 42.6 Å². The quantitative estimate of drug-likeness (QED) is 0.304. The predicted octanol–water partition coefficient (Wildman–Crippen LogP) is 5.21. The summed E-state index contributed by atoms with van der Waals surface area (Å²) < 4.78 is 0. The van der Waals surface area contributed by atoms with Crippen molar-refractivity contribution in [1.29, 1.82) is 0 Å². The molecule has 9 heteroatoms. The fourth-order valence-corrected chi connectivity index (χ4v) is 3.91. The van der Waals surface area contributed by atoms with Gasteiger partial charge in [0.1, 0.15) is 11.0 Å². The summed E-state index contributed by atoms with van der Waals surface area (Å²) in [7, 11) is 6.04. The van der Waals surface area contributed by atoms with Gasteiger partial charge in [-0.1, -0.05) is 30.3 Å². The van der Waals surface area contributed by atoms with Crippen LogP contribution in [0.25, 0.3) is 22.2 Å². The Morgan fingerprint density at radius 3 is 2.67 bits per heavy atom. The molecule has 36 heavy (non-hydrogen) atoms. The molecule has 2 aromatic carbocycles. The topological polar surface area (TPSA) is 86.3 Å². The number of hydrogen-bond acceptors (Lipinski definition) is 7. The third-order valence-electron chi connectivity index (χ3n) is 5.60. The summed E-state index contributed by atoms with van der Waals surface area (Å²) in [5.74, 6) is 0.127. The van der Waals surface area contributed by atoms with Gasteiger partial charge in [-0.05, 0) is 62.1 Å². The number of amides is 1. The average molecular weight is 502 g/mol. The van der Waals surface area contributed by atoms with E-state index in [0.717, 1.165) is 35.6 Å². The van der Waals surface area contributed by atoms with Gasteiger partial charge in [0.05, 0.1) is 17.6 Å². The predicted molar refractivity (Wildman–Crippen MR) is 148 cm³/mol.